The number of hydrogen-bond donors (Lipinski definition) is 0. The highest BCUT2D eigenvalue weighted by Gasteiger charge is 2.13. The van der Waals surface area contributed by atoms with Crippen molar-refractivity contribution in [3.05, 3.63) is 12.0 Å². The van der Waals surface area contributed by atoms with Crippen LogP contribution in [-0.4, -0.2) is 18.1 Å². The molecule has 2 rings (SSSR count). The van der Waals surface area contributed by atoms with Gasteiger partial charge < -0.3 is 9.32 Å². The topological polar surface area (TPSA) is 29.3 Å². The van der Waals surface area contributed by atoms with Crippen LogP contribution in [0.3, 0.4) is 0 Å². The summed E-state index contributed by atoms with van der Waals surface area (Å²) in [6, 6.07) is 0.743. The SMILES string of the molecule is ClCc1coc(N2CCCCCCC2)n1. The maximum absolute atomic E-state index is 5.70. The van der Waals surface area contributed by atoms with Crippen molar-refractivity contribution in [1.29, 1.82) is 0 Å². The Morgan fingerprint density at radius 2 is 1.87 bits per heavy atom. The van der Waals surface area contributed by atoms with Crippen molar-refractivity contribution in [3.8, 4) is 0 Å². The maximum atomic E-state index is 5.70. The molecule has 0 aliphatic carbocycles. The van der Waals surface area contributed by atoms with Crippen LogP contribution in [0.4, 0.5) is 6.01 Å². The first-order valence-electron chi connectivity index (χ1n) is 5.65. The average molecular weight is 229 g/mol. The molecule has 1 aliphatic heterocycles. The van der Waals surface area contributed by atoms with Crippen LogP contribution in [0.1, 0.15) is 37.8 Å². The highest BCUT2D eigenvalue weighted by atomic mass is 35.5. The second kappa shape index (κ2) is 5.40. The van der Waals surface area contributed by atoms with E-state index in [2.05, 4.69) is 9.88 Å². The lowest BCUT2D eigenvalue weighted by molar-refractivity contribution is 0.493. The summed E-state index contributed by atoms with van der Waals surface area (Å²) in [6.07, 6.45) is 8.13. The van der Waals surface area contributed by atoms with Crippen LogP contribution in [-0.2, 0) is 5.88 Å². The third kappa shape index (κ3) is 2.88. The molecule has 0 saturated carbocycles. The molecule has 1 aliphatic rings. The van der Waals surface area contributed by atoms with Gasteiger partial charge in [-0.25, -0.2) is 0 Å². The molecule has 4 heteroatoms. The second-order valence-corrected chi connectivity index (χ2v) is 4.28. The molecule has 1 fully saturated rings. The van der Waals surface area contributed by atoms with Crippen molar-refractivity contribution in [2.45, 2.75) is 38.0 Å². The predicted molar refractivity (Wildman–Crippen MR) is 61.4 cm³/mol. The summed E-state index contributed by atoms with van der Waals surface area (Å²) in [7, 11) is 0. The van der Waals surface area contributed by atoms with E-state index in [1.807, 2.05) is 0 Å². The fraction of sp³-hybridized carbons (Fsp3) is 0.727. The van der Waals surface area contributed by atoms with E-state index >= 15 is 0 Å². The van der Waals surface area contributed by atoms with Gasteiger partial charge in [0.05, 0.1) is 11.6 Å². The summed E-state index contributed by atoms with van der Waals surface area (Å²) >= 11 is 5.70. The Morgan fingerprint density at radius 3 is 2.47 bits per heavy atom. The predicted octanol–water partition coefficient (Wildman–Crippen LogP) is 3.18. The average Bonchev–Trinajstić information content (AvgIpc) is 2.65. The van der Waals surface area contributed by atoms with E-state index in [-0.39, 0.29) is 0 Å². The Hall–Kier alpha value is -0.700. The number of alkyl halides is 1. The summed E-state index contributed by atoms with van der Waals surface area (Å²) in [6.45, 7) is 2.12. The first-order valence-corrected chi connectivity index (χ1v) is 6.19. The summed E-state index contributed by atoms with van der Waals surface area (Å²) in [5.74, 6) is 0.428. The van der Waals surface area contributed by atoms with Crippen LogP contribution < -0.4 is 4.90 Å². The molecule has 3 nitrogen and oxygen atoms in total. The van der Waals surface area contributed by atoms with Gasteiger partial charge in [0.25, 0.3) is 6.01 Å². The quantitative estimate of drug-likeness (QED) is 0.728. The normalized spacial score (nSPS) is 18.6. The fourth-order valence-corrected chi connectivity index (χ4v) is 2.06. The molecule has 0 amide bonds. The Morgan fingerprint density at radius 1 is 1.20 bits per heavy atom. The lowest BCUT2D eigenvalue weighted by Crippen LogP contribution is -2.27. The number of anilines is 1. The number of aromatic nitrogens is 1. The Kier molecular flexibility index (Phi) is 3.89. The molecule has 0 radical (unpaired) electrons. The lowest BCUT2D eigenvalue weighted by Gasteiger charge is -2.22. The standard InChI is InChI=1S/C11H17ClN2O/c12-8-10-9-15-11(13-10)14-6-4-2-1-3-5-7-14/h9H,1-8H2. The number of oxazole rings is 1. The first-order chi connectivity index (χ1) is 7.40. The summed E-state index contributed by atoms with van der Waals surface area (Å²) in [4.78, 5) is 6.58. The van der Waals surface area contributed by atoms with Crippen molar-refractivity contribution >= 4 is 17.6 Å². The van der Waals surface area contributed by atoms with Crippen molar-refractivity contribution in [2.75, 3.05) is 18.0 Å². The molecule has 1 saturated heterocycles. The minimum absolute atomic E-state index is 0.428. The molecule has 1 aromatic rings. The van der Waals surface area contributed by atoms with Gasteiger partial charge in [0.1, 0.15) is 6.26 Å². The Balaban J connectivity index is 2.00. The Bertz CT molecular complexity index is 293. The van der Waals surface area contributed by atoms with Crippen LogP contribution in [0, 0.1) is 0 Å². The fourth-order valence-electron chi connectivity index (χ4n) is 1.94. The zero-order valence-corrected chi connectivity index (χ0v) is 9.67. The molecule has 0 spiro atoms. The van der Waals surface area contributed by atoms with Crippen LogP contribution >= 0.6 is 11.6 Å². The molecule has 1 aromatic heterocycles. The largest absolute Gasteiger partial charge is 0.432 e. The minimum atomic E-state index is 0.428. The van der Waals surface area contributed by atoms with Gasteiger partial charge in [0.15, 0.2) is 0 Å². The molecule has 0 unspecified atom stereocenters. The zero-order chi connectivity index (χ0) is 10.5. The molecule has 0 aromatic carbocycles. The van der Waals surface area contributed by atoms with Crippen molar-refractivity contribution in [3.63, 3.8) is 0 Å². The van der Waals surface area contributed by atoms with E-state index in [1.54, 1.807) is 6.26 Å². The number of nitrogens with zero attached hydrogens (tertiary/aromatic N) is 2. The van der Waals surface area contributed by atoms with Gasteiger partial charge in [0.2, 0.25) is 0 Å². The van der Waals surface area contributed by atoms with Crippen molar-refractivity contribution in [2.24, 2.45) is 0 Å². The minimum Gasteiger partial charge on any atom is -0.432 e. The van der Waals surface area contributed by atoms with Gasteiger partial charge in [-0.15, -0.1) is 11.6 Å². The van der Waals surface area contributed by atoms with Crippen molar-refractivity contribution < 1.29 is 4.42 Å². The lowest BCUT2D eigenvalue weighted by atomic mass is 10.1. The number of rotatable bonds is 2. The van der Waals surface area contributed by atoms with E-state index in [9.17, 15) is 0 Å². The molecule has 2 heterocycles. The van der Waals surface area contributed by atoms with Crippen LogP contribution in [0.2, 0.25) is 0 Å². The molecule has 15 heavy (non-hydrogen) atoms. The highest BCUT2D eigenvalue weighted by Crippen LogP contribution is 2.19. The zero-order valence-electron chi connectivity index (χ0n) is 8.91. The van der Waals surface area contributed by atoms with Crippen LogP contribution in [0.15, 0.2) is 10.7 Å². The third-order valence-corrected chi connectivity index (χ3v) is 3.08. The van der Waals surface area contributed by atoms with Gasteiger partial charge in [0, 0.05) is 13.1 Å². The highest BCUT2D eigenvalue weighted by molar-refractivity contribution is 6.16. The monoisotopic (exact) mass is 228 g/mol. The smallest absolute Gasteiger partial charge is 0.297 e. The Labute approximate surface area is 95.4 Å². The van der Waals surface area contributed by atoms with E-state index in [0.29, 0.717) is 5.88 Å². The van der Waals surface area contributed by atoms with Crippen LogP contribution in [0.25, 0.3) is 0 Å². The van der Waals surface area contributed by atoms with Gasteiger partial charge in [-0.3, -0.25) is 0 Å². The van der Waals surface area contributed by atoms with E-state index in [4.69, 9.17) is 16.0 Å². The molecule has 84 valence electrons. The number of halogens is 1. The van der Waals surface area contributed by atoms with Gasteiger partial charge >= 0.3 is 0 Å². The first kappa shape index (κ1) is 10.8. The summed E-state index contributed by atoms with van der Waals surface area (Å²) in [5.41, 5.74) is 0.828. The second-order valence-electron chi connectivity index (χ2n) is 4.01. The van der Waals surface area contributed by atoms with E-state index in [0.717, 1.165) is 24.8 Å². The summed E-state index contributed by atoms with van der Waals surface area (Å²) in [5, 5.41) is 0. The van der Waals surface area contributed by atoms with Gasteiger partial charge in [-0.05, 0) is 12.8 Å². The maximum Gasteiger partial charge on any atom is 0.297 e. The van der Waals surface area contributed by atoms with Crippen LogP contribution in [0.5, 0.6) is 0 Å². The molecule has 0 N–H and O–H groups in total. The van der Waals surface area contributed by atoms with Gasteiger partial charge in [-0.2, -0.15) is 4.98 Å². The summed E-state index contributed by atoms with van der Waals surface area (Å²) < 4.78 is 5.42. The van der Waals surface area contributed by atoms with E-state index in [1.165, 1.54) is 32.1 Å². The van der Waals surface area contributed by atoms with E-state index < -0.39 is 0 Å². The third-order valence-electron chi connectivity index (χ3n) is 2.80. The molecule has 0 bridgehead atoms. The van der Waals surface area contributed by atoms with Gasteiger partial charge in [-0.1, -0.05) is 19.3 Å². The molecular formula is C11H17ClN2O. The number of hydrogen-bond acceptors (Lipinski definition) is 3. The molecular weight excluding hydrogens is 212 g/mol. The van der Waals surface area contributed by atoms with Crippen molar-refractivity contribution in [1.82, 2.24) is 4.98 Å². The molecule has 0 atom stereocenters.